The van der Waals surface area contributed by atoms with Crippen molar-refractivity contribution in [3.05, 3.63) is 0 Å². The minimum atomic E-state index is 0.123. The van der Waals surface area contributed by atoms with Gasteiger partial charge in [-0.2, -0.15) is 0 Å². The van der Waals surface area contributed by atoms with Gasteiger partial charge in [0.2, 0.25) is 5.91 Å². The Morgan fingerprint density at radius 1 is 1.06 bits per heavy atom. The van der Waals surface area contributed by atoms with Gasteiger partial charge in [-0.3, -0.25) is 9.69 Å². The van der Waals surface area contributed by atoms with Crippen LogP contribution in [0.25, 0.3) is 0 Å². The molecule has 4 nitrogen and oxygen atoms in total. The molecule has 0 aliphatic heterocycles. The number of amides is 1. The van der Waals surface area contributed by atoms with Crippen LogP contribution in [0.5, 0.6) is 0 Å². The summed E-state index contributed by atoms with van der Waals surface area (Å²) in [7, 11) is 0. The molecule has 2 N–H and O–H groups in total. The first-order valence-corrected chi connectivity index (χ1v) is 6.72. The topological polar surface area (TPSA) is 44.4 Å². The molecule has 0 aliphatic carbocycles. The summed E-state index contributed by atoms with van der Waals surface area (Å²) >= 11 is 0. The largest absolute Gasteiger partial charge is 0.355 e. The molecule has 102 valence electrons. The molecule has 17 heavy (non-hydrogen) atoms. The number of hydrogen-bond donors (Lipinski definition) is 2. The van der Waals surface area contributed by atoms with Crippen LogP contribution < -0.4 is 10.6 Å². The molecule has 0 spiro atoms. The maximum Gasteiger partial charge on any atom is 0.219 e. The fraction of sp³-hybridized carbons (Fsp3) is 0.923. The number of carbonyl (C=O) groups excluding carboxylic acids is 1. The third-order valence-corrected chi connectivity index (χ3v) is 2.82. The number of rotatable bonds is 9. The van der Waals surface area contributed by atoms with Crippen molar-refractivity contribution in [3.8, 4) is 0 Å². The highest BCUT2D eigenvalue weighted by Crippen LogP contribution is 2.02. The average Bonchev–Trinajstić information content (AvgIpc) is 2.26. The summed E-state index contributed by atoms with van der Waals surface area (Å²) < 4.78 is 0. The van der Waals surface area contributed by atoms with Gasteiger partial charge in [0.15, 0.2) is 0 Å². The summed E-state index contributed by atoms with van der Waals surface area (Å²) in [6.45, 7) is 14.3. The third-order valence-electron chi connectivity index (χ3n) is 2.82. The monoisotopic (exact) mass is 243 g/mol. The van der Waals surface area contributed by atoms with Crippen molar-refractivity contribution in [2.45, 2.75) is 53.1 Å². The zero-order valence-electron chi connectivity index (χ0n) is 12.0. The first-order valence-electron chi connectivity index (χ1n) is 6.72. The van der Waals surface area contributed by atoms with Gasteiger partial charge in [-0.25, -0.2) is 0 Å². The van der Waals surface area contributed by atoms with Crippen LogP contribution in [0.2, 0.25) is 0 Å². The van der Waals surface area contributed by atoms with Crippen LogP contribution >= 0.6 is 0 Å². The average molecular weight is 243 g/mol. The molecule has 0 saturated heterocycles. The number of nitrogens with one attached hydrogen (secondary N) is 2. The van der Waals surface area contributed by atoms with Gasteiger partial charge in [0.1, 0.15) is 0 Å². The Morgan fingerprint density at radius 2 is 1.65 bits per heavy atom. The fourth-order valence-corrected chi connectivity index (χ4v) is 1.86. The smallest absolute Gasteiger partial charge is 0.219 e. The lowest BCUT2D eigenvalue weighted by atomic mass is 10.2. The summed E-state index contributed by atoms with van der Waals surface area (Å²) in [4.78, 5) is 13.4. The van der Waals surface area contributed by atoms with Gasteiger partial charge >= 0.3 is 0 Å². The van der Waals surface area contributed by atoms with Gasteiger partial charge in [-0.1, -0.05) is 6.92 Å². The molecule has 0 bridgehead atoms. The molecule has 0 saturated carbocycles. The van der Waals surface area contributed by atoms with Crippen molar-refractivity contribution in [2.24, 2.45) is 0 Å². The number of nitrogens with zero attached hydrogens (tertiary/aromatic N) is 1. The van der Waals surface area contributed by atoms with Crippen LogP contribution in [-0.4, -0.2) is 49.1 Å². The normalized spacial score (nSPS) is 11.5. The van der Waals surface area contributed by atoms with E-state index in [-0.39, 0.29) is 5.91 Å². The Morgan fingerprint density at radius 3 is 2.12 bits per heavy atom. The van der Waals surface area contributed by atoms with Gasteiger partial charge in [-0.05, 0) is 27.7 Å². The zero-order chi connectivity index (χ0) is 13.3. The van der Waals surface area contributed by atoms with E-state index in [0.717, 1.165) is 26.2 Å². The molecular weight excluding hydrogens is 214 g/mol. The molecule has 0 aromatic rings. The Kier molecular flexibility index (Phi) is 9.09. The molecule has 4 heteroatoms. The highest BCUT2D eigenvalue weighted by Gasteiger charge is 2.11. The van der Waals surface area contributed by atoms with E-state index in [1.807, 2.05) is 6.92 Å². The molecule has 0 aliphatic rings. The molecule has 0 atom stereocenters. The zero-order valence-corrected chi connectivity index (χ0v) is 12.0. The van der Waals surface area contributed by atoms with E-state index in [1.54, 1.807) is 0 Å². The second kappa shape index (κ2) is 9.42. The predicted octanol–water partition coefficient (Wildman–Crippen LogP) is 1.22. The summed E-state index contributed by atoms with van der Waals surface area (Å²) in [5.41, 5.74) is 0. The summed E-state index contributed by atoms with van der Waals surface area (Å²) in [6.07, 6.45) is 0.564. The molecule has 0 radical (unpaired) electrons. The number of carbonyl (C=O) groups is 1. The highest BCUT2D eigenvalue weighted by atomic mass is 16.1. The quantitative estimate of drug-likeness (QED) is 0.599. The van der Waals surface area contributed by atoms with E-state index < -0.39 is 0 Å². The van der Waals surface area contributed by atoms with Gasteiger partial charge in [0.25, 0.3) is 0 Å². The molecule has 0 heterocycles. The van der Waals surface area contributed by atoms with E-state index in [1.165, 1.54) is 0 Å². The summed E-state index contributed by atoms with van der Waals surface area (Å²) in [5.74, 6) is 0.123. The van der Waals surface area contributed by atoms with E-state index in [9.17, 15) is 4.79 Å². The van der Waals surface area contributed by atoms with Crippen LogP contribution in [0.15, 0.2) is 0 Å². The maximum absolute atomic E-state index is 11.0. The molecule has 0 aromatic heterocycles. The predicted molar refractivity (Wildman–Crippen MR) is 73.1 cm³/mol. The minimum Gasteiger partial charge on any atom is -0.355 e. The molecule has 0 aromatic carbocycles. The van der Waals surface area contributed by atoms with E-state index in [4.69, 9.17) is 0 Å². The van der Waals surface area contributed by atoms with Gasteiger partial charge in [0, 0.05) is 44.7 Å². The highest BCUT2D eigenvalue weighted by molar-refractivity contribution is 5.75. The second-order valence-electron chi connectivity index (χ2n) is 4.88. The van der Waals surface area contributed by atoms with Crippen molar-refractivity contribution in [1.29, 1.82) is 0 Å². The molecular formula is C13H29N3O. The van der Waals surface area contributed by atoms with Crippen molar-refractivity contribution in [2.75, 3.05) is 26.2 Å². The van der Waals surface area contributed by atoms with Crippen molar-refractivity contribution < 1.29 is 4.79 Å². The Bertz CT molecular complexity index is 197. The first-order chi connectivity index (χ1) is 7.99. The lowest BCUT2D eigenvalue weighted by Gasteiger charge is -2.30. The van der Waals surface area contributed by atoms with Gasteiger partial charge < -0.3 is 10.6 Å². The van der Waals surface area contributed by atoms with Gasteiger partial charge in [0.05, 0.1) is 0 Å². The van der Waals surface area contributed by atoms with Gasteiger partial charge in [-0.15, -0.1) is 0 Å². The van der Waals surface area contributed by atoms with E-state index in [2.05, 4.69) is 43.2 Å². The first kappa shape index (κ1) is 16.4. The van der Waals surface area contributed by atoms with Crippen molar-refractivity contribution >= 4 is 5.91 Å². The fourth-order valence-electron chi connectivity index (χ4n) is 1.86. The molecule has 1 amide bonds. The summed E-state index contributed by atoms with van der Waals surface area (Å²) in [6, 6.07) is 1.16. The van der Waals surface area contributed by atoms with Crippen LogP contribution in [0.4, 0.5) is 0 Å². The Hall–Kier alpha value is -0.610. The standard InChI is InChI=1S/C13H29N3O/c1-6-13(17)15-8-7-14-9-10-16(11(2)3)12(4)5/h11-12,14H,6-10H2,1-5H3,(H,15,17). The molecule has 0 fully saturated rings. The maximum atomic E-state index is 11.0. The van der Waals surface area contributed by atoms with Crippen molar-refractivity contribution in [3.63, 3.8) is 0 Å². The van der Waals surface area contributed by atoms with Crippen LogP contribution in [0.3, 0.4) is 0 Å². The van der Waals surface area contributed by atoms with Crippen LogP contribution in [-0.2, 0) is 4.79 Å². The Balaban J connectivity index is 3.52. The molecule has 0 unspecified atom stereocenters. The lowest BCUT2D eigenvalue weighted by molar-refractivity contribution is -0.120. The SMILES string of the molecule is CCC(=O)NCCNCCN(C(C)C)C(C)C. The van der Waals surface area contributed by atoms with Crippen LogP contribution in [0.1, 0.15) is 41.0 Å². The van der Waals surface area contributed by atoms with E-state index >= 15 is 0 Å². The van der Waals surface area contributed by atoms with Crippen molar-refractivity contribution in [1.82, 2.24) is 15.5 Å². The minimum absolute atomic E-state index is 0.123. The molecule has 0 rings (SSSR count). The Labute approximate surface area is 106 Å². The lowest BCUT2D eigenvalue weighted by Crippen LogP contribution is -2.42. The third kappa shape index (κ3) is 8.16. The number of hydrogen-bond acceptors (Lipinski definition) is 3. The second-order valence-corrected chi connectivity index (χ2v) is 4.88. The van der Waals surface area contributed by atoms with Crippen LogP contribution in [0, 0.1) is 0 Å². The van der Waals surface area contributed by atoms with E-state index in [0.29, 0.717) is 18.5 Å². The summed E-state index contributed by atoms with van der Waals surface area (Å²) in [5, 5.41) is 6.20.